The highest BCUT2D eigenvalue weighted by atomic mass is 16.5. The van der Waals surface area contributed by atoms with Crippen LogP contribution in [-0.2, 0) is 11.1 Å². The monoisotopic (exact) mass is 273 g/mol. The number of rotatable bonds is 5. The second kappa shape index (κ2) is 6.28. The molecule has 0 saturated heterocycles. The van der Waals surface area contributed by atoms with Crippen molar-refractivity contribution < 1.29 is 18.7 Å². The molecule has 104 valence electrons. The molecule has 1 aromatic heterocycles. The lowest BCUT2D eigenvalue weighted by atomic mass is 10.0. The SMILES string of the molecule is BCc1nc(-c2ccc(OC)cc2)oc1C(=O)OCC. The van der Waals surface area contributed by atoms with E-state index in [1.165, 1.54) is 0 Å². The van der Waals surface area contributed by atoms with Gasteiger partial charge in [-0.15, -0.1) is 0 Å². The number of esters is 1. The molecule has 20 heavy (non-hydrogen) atoms. The number of benzene rings is 1. The highest BCUT2D eigenvalue weighted by molar-refractivity contribution is 6.09. The van der Waals surface area contributed by atoms with E-state index < -0.39 is 5.97 Å². The lowest BCUT2D eigenvalue weighted by Gasteiger charge is -2.00. The number of nitrogens with zero attached hydrogens (tertiary/aromatic N) is 1. The number of hydrogen-bond acceptors (Lipinski definition) is 5. The van der Waals surface area contributed by atoms with Gasteiger partial charge in [-0.1, -0.05) is 0 Å². The molecule has 6 heteroatoms. The van der Waals surface area contributed by atoms with E-state index >= 15 is 0 Å². The minimum absolute atomic E-state index is 0.181. The van der Waals surface area contributed by atoms with Gasteiger partial charge in [0.2, 0.25) is 11.7 Å². The number of methoxy groups -OCH3 is 1. The Morgan fingerprint density at radius 1 is 1.35 bits per heavy atom. The van der Waals surface area contributed by atoms with E-state index in [0.29, 0.717) is 24.5 Å². The van der Waals surface area contributed by atoms with E-state index in [9.17, 15) is 4.79 Å². The van der Waals surface area contributed by atoms with Gasteiger partial charge in [0.25, 0.3) is 0 Å². The Hall–Kier alpha value is -2.24. The van der Waals surface area contributed by atoms with Crippen LogP contribution in [0.15, 0.2) is 28.7 Å². The number of carbonyl (C=O) groups excluding carboxylic acids is 1. The standard InChI is InChI=1S/C14H16BNO4/c1-3-19-14(17)12-11(8-15)16-13(20-12)9-4-6-10(18-2)7-5-9/h4-7H,3,8,15H2,1-2H3. The van der Waals surface area contributed by atoms with Crippen molar-refractivity contribution in [1.82, 2.24) is 4.98 Å². The van der Waals surface area contributed by atoms with Gasteiger partial charge in [-0.25, -0.2) is 9.78 Å². The minimum Gasteiger partial charge on any atom is -0.497 e. The number of aromatic nitrogens is 1. The summed E-state index contributed by atoms with van der Waals surface area (Å²) < 4.78 is 15.6. The molecule has 0 aliphatic heterocycles. The van der Waals surface area contributed by atoms with Crippen molar-refractivity contribution in [3.8, 4) is 17.2 Å². The predicted molar refractivity (Wildman–Crippen MR) is 76.7 cm³/mol. The Labute approximate surface area is 118 Å². The normalized spacial score (nSPS) is 10.3. The number of carbonyl (C=O) groups is 1. The molecule has 0 saturated carbocycles. The van der Waals surface area contributed by atoms with Crippen LogP contribution in [0.25, 0.3) is 11.5 Å². The fraction of sp³-hybridized carbons (Fsp3) is 0.286. The lowest BCUT2D eigenvalue weighted by Crippen LogP contribution is -2.06. The number of ether oxygens (including phenoxy) is 2. The molecule has 0 aliphatic rings. The molecule has 2 rings (SSSR count). The second-order valence-electron chi connectivity index (χ2n) is 4.10. The maximum Gasteiger partial charge on any atom is 0.376 e. The Bertz CT molecular complexity index is 592. The van der Waals surface area contributed by atoms with E-state index in [-0.39, 0.29) is 5.76 Å². The molecule has 1 aromatic carbocycles. The van der Waals surface area contributed by atoms with Gasteiger partial charge in [0.15, 0.2) is 0 Å². The fourth-order valence-electron chi connectivity index (χ4n) is 1.80. The Morgan fingerprint density at radius 2 is 2.05 bits per heavy atom. The van der Waals surface area contributed by atoms with Crippen molar-refractivity contribution >= 4 is 13.8 Å². The van der Waals surface area contributed by atoms with Crippen LogP contribution in [0.1, 0.15) is 23.2 Å². The first-order chi connectivity index (χ1) is 9.69. The highest BCUT2D eigenvalue weighted by Crippen LogP contribution is 2.24. The molecular weight excluding hydrogens is 257 g/mol. The van der Waals surface area contributed by atoms with Crippen LogP contribution < -0.4 is 4.74 Å². The molecule has 1 heterocycles. The highest BCUT2D eigenvalue weighted by Gasteiger charge is 2.20. The van der Waals surface area contributed by atoms with Crippen LogP contribution in [-0.4, -0.2) is 32.5 Å². The molecule has 0 amide bonds. The fourth-order valence-corrected chi connectivity index (χ4v) is 1.80. The van der Waals surface area contributed by atoms with Crippen molar-refractivity contribution in [2.45, 2.75) is 13.2 Å². The number of oxazole rings is 1. The Kier molecular flexibility index (Phi) is 4.45. The zero-order chi connectivity index (χ0) is 14.5. The third-order valence-electron chi connectivity index (χ3n) is 2.83. The van der Waals surface area contributed by atoms with Gasteiger partial charge in [-0.3, -0.25) is 0 Å². The molecule has 0 bridgehead atoms. The van der Waals surface area contributed by atoms with Gasteiger partial charge >= 0.3 is 5.97 Å². The molecule has 0 N–H and O–H groups in total. The van der Waals surface area contributed by atoms with Crippen molar-refractivity contribution in [3.63, 3.8) is 0 Å². The van der Waals surface area contributed by atoms with Crippen LogP contribution in [0, 0.1) is 0 Å². The maximum absolute atomic E-state index is 11.8. The van der Waals surface area contributed by atoms with Crippen LogP contribution >= 0.6 is 0 Å². The van der Waals surface area contributed by atoms with Crippen LogP contribution in [0.2, 0.25) is 0 Å². The van der Waals surface area contributed by atoms with Crippen LogP contribution in [0.5, 0.6) is 5.75 Å². The topological polar surface area (TPSA) is 61.6 Å². The first-order valence-corrected chi connectivity index (χ1v) is 6.50. The van der Waals surface area contributed by atoms with E-state index in [4.69, 9.17) is 13.9 Å². The van der Waals surface area contributed by atoms with Crippen LogP contribution in [0.3, 0.4) is 0 Å². The quantitative estimate of drug-likeness (QED) is 0.612. The summed E-state index contributed by atoms with van der Waals surface area (Å²) in [5.74, 6) is 0.867. The molecule has 0 aliphatic carbocycles. The summed E-state index contributed by atoms with van der Waals surface area (Å²) in [6.45, 7) is 2.06. The van der Waals surface area contributed by atoms with Crippen molar-refractivity contribution in [2.75, 3.05) is 13.7 Å². The van der Waals surface area contributed by atoms with Crippen LogP contribution in [0.4, 0.5) is 0 Å². The van der Waals surface area contributed by atoms with Gasteiger partial charge in [0, 0.05) is 5.56 Å². The average molecular weight is 273 g/mol. The molecule has 2 aromatic rings. The summed E-state index contributed by atoms with van der Waals surface area (Å²) in [4.78, 5) is 16.1. The van der Waals surface area contributed by atoms with E-state index in [1.807, 2.05) is 32.1 Å². The van der Waals surface area contributed by atoms with Crippen molar-refractivity contribution in [2.24, 2.45) is 0 Å². The van der Waals surface area contributed by atoms with Gasteiger partial charge in [-0.2, -0.15) is 0 Å². The van der Waals surface area contributed by atoms with Crippen molar-refractivity contribution in [3.05, 3.63) is 35.7 Å². The molecule has 0 unspecified atom stereocenters. The number of hydrogen-bond donors (Lipinski definition) is 0. The smallest absolute Gasteiger partial charge is 0.376 e. The summed E-state index contributed by atoms with van der Waals surface area (Å²) in [7, 11) is 3.52. The first-order valence-electron chi connectivity index (χ1n) is 6.50. The predicted octanol–water partition coefficient (Wildman–Crippen LogP) is 1.66. The molecule has 5 nitrogen and oxygen atoms in total. The molecule has 0 radical (unpaired) electrons. The molecule has 0 fully saturated rings. The zero-order valence-corrected chi connectivity index (χ0v) is 11.8. The van der Waals surface area contributed by atoms with Gasteiger partial charge in [0.05, 0.1) is 19.4 Å². The van der Waals surface area contributed by atoms with E-state index in [1.54, 1.807) is 14.0 Å². The summed E-state index contributed by atoms with van der Waals surface area (Å²) in [6, 6.07) is 7.29. The molecule has 0 spiro atoms. The average Bonchev–Trinajstić information content (AvgIpc) is 2.92. The maximum atomic E-state index is 11.8. The second-order valence-corrected chi connectivity index (χ2v) is 4.10. The summed E-state index contributed by atoms with van der Waals surface area (Å²) in [5.41, 5.74) is 1.39. The van der Waals surface area contributed by atoms with Crippen molar-refractivity contribution in [1.29, 1.82) is 0 Å². The largest absolute Gasteiger partial charge is 0.497 e. The third-order valence-corrected chi connectivity index (χ3v) is 2.83. The Morgan fingerprint density at radius 3 is 2.60 bits per heavy atom. The lowest BCUT2D eigenvalue weighted by molar-refractivity contribution is 0.0489. The molecular formula is C14H16BNO4. The minimum atomic E-state index is -0.475. The summed E-state index contributed by atoms with van der Waals surface area (Å²) in [6.07, 6.45) is 0.605. The van der Waals surface area contributed by atoms with E-state index in [2.05, 4.69) is 4.98 Å². The summed E-state index contributed by atoms with van der Waals surface area (Å²) in [5, 5.41) is 0. The first kappa shape index (κ1) is 14.2. The van der Waals surface area contributed by atoms with E-state index in [0.717, 1.165) is 11.3 Å². The van der Waals surface area contributed by atoms with Gasteiger partial charge < -0.3 is 13.9 Å². The van der Waals surface area contributed by atoms with Gasteiger partial charge in [0.1, 0.15) is 13.6 Å². The third kappa shape index (κ3) is 2.84. The Balaban J connectivity index is 2.34. The summed E-state index contributed by atoms with van der Waals surface area (Å²) >= 11 is 0. The zero-order valence-electron chi connectivity index (χ0n) is 11.8. The van der Waals surface area contributed by atoms with Gasteiger partial charge in [-0.05, 0) is 37.5 Å². The molecule has 0 atom stereocenters.